The molecule has 188 valence electrons. The van der Waals surface area contributed by atoms with Crippen LogP contribution >= 0.6 is 0 Å². The summed E-state index contributed by atoms with van der Waals surface area (Å²) in [6.07, 6.45) is 6.32. The maximum Gasteiger partial charge on any atom is 0.242 e. The second kappa shape index (κ2) is 13.1. The predicted octanol–water partition coefficient (Wildman–Crippen LogP) is 6.11. The third-order valence-corrected chi connectivity index (χ3v) is 6.93. The van der Waals surface area contributed by atoms with E-state index in [0.29, 0.717) is 19.6 Å². The van der Waals surface area contributed by atoms with E-state index in [9.17, 15) is 9.59 Å². The second-order valence-electron chi connectivity index (χ2n) is 9.54. The van der Waals surface area contributed by atoms with Crippen LogP contribution in [0.4, 0.5) is 0 Å². The Morgan fingerprint density at radius 2 is 1.63 bits per heavy atom. The van der Waals surface area contributed by atoms with E-state index in [-0.39, 0.29) is 24.3 Å². The number of H-pyrrole nitrogens is 1. The Balaban J connectivity index is 1.79. The Morgan fingerprint density at radius 3 is 2.31 bits per heavy atom. The van der Waals surface area contributed by atoms with Crippen LogP contribution in [0.2, 0.25) is 0 Å². The highest BCUT2D eigenvalue weighted by Gasteiger charge is 2.25. The highest BCUT2D eigenvalue weighted by Crippen LogP contribution is 2.19. The molecule has 0 fully saturated rings. The molecule has 2 aromatic carbocycles. The summed E-state index contributed by atoms with van der Waals surface area (Å²) in [7, 11) is 0. The third kappa shape index (κ3) is 7.20. The normalized spacial score (nSPS) is 11.2. The van der Waals surface area contributed by atoms with E-state index < -0.39 is 0 Å². The fourth-order valence-corrected chi connectivity index (χ4v) is 4.58. The lowest BCUT2D eigenvalue weighted by Gasteiger charge is -2.30. The Labute approximate surface area is 210 Å². The van der Waals surface area contributed by atoms with Crippen LogP contribution < -0.4 is 0 Å². The molecule has 0 aliphatic rings. The van der Waals surface area contributed by atoms with Crippen LogP contribution in [0.3, 0.4) is 0 Å². The predicted molar refractivity (Wildman–Crippen MR) is 144 cm³/mol. The number of benzene rings is 2. The van der Waals surface area contributed by atoms with Gasteiger partial charge in [0.05, 0.1) is 6.54 Å². The van der Waals surface area contributed by atoms with Gasteiger partial charge in [0.15, 0.2) is 0 Å². The van der Waals surface area contributed by atoms with Gasteiger partial charge in [0.25, 0.3) is 0 Å². The van der Waals surface area contributed by atoms with Gasteiger partial charge in [0, 0.05) is 42.7 Å². The first-order valence-electron chi connectivity index (χ1n) is 13.1. The number of fused-ring (bicyclic) bond motifs is 1. The molecule has 1 aromatic heterocycles. The Kier molecular flexibility index (Phi) is 9.95. The van der Waals surface area contributed by atoms with Crippen molar-refractivity contribution in [3.05, 3.63) is 71.4 Å². The largest absolute Gasteiger partial charge is 0.361 e. The standard InChI is InChI=1S/C30H41N3O2/c1-5-8-18-33(30(35)25(6-2)7-3)22-29(34)32(21-24-15-13-23(4)14-16-24)19-17-26-20-31-28-12-10-9-11-27(26)28/h9-16,20,25,31H,5-8,17-19,21-22H2,1-4H3. The summed E-state index contributed by atoms with van der Waals surface area (Å²) >= 11 is 0. The fraction of sp³-hybridized carbons (Fsp3) is 0.467. The molecular formula is C30H41N3O2. The van der Waals surface area contributed by atoms with Gasteiger partial charge in [-0.05, 0) is 49.8 Å². The number of nitrogens with one attached hydrogen (secondary N) is 1. The van der Waals surface area contributed by atoms with Crippen molar-refractivity contribution < 1.29 is 9.59 Å². The van der Waals surface area contributed by atoms with E-state index in [4.69, 9.17) is 0 Å². The molecule has 0 saturated heterocycles. The van der Waals surface area contributed by atoms with E-state index in [1.165, 1.54) is 16.5 Å². The van der Waals surface area contributed by atoms with Crippen molar-refractivity contribution in [3.63, 3.8) is 0 Å². The van der Waals surface area contributed by atoms with Crippen LogP contribution in [-0.4, -0.2) is 46.2 Å². The summed E-state index contributed by atoms with van der Waals surface area (Å²) in [6.45, 7) is 10.2. The lowest BCUT2D eigenvalue weighted by molar-refractivity contribution is -0.143. The Morgan fingerprint density at radius 1 is 0.914 bits per heavy atom. The maximum absolute atomic E-state index is 13.6. The molecule has 2 amide bonds. The molecule has 5 nitrogen and oxygen atoms in total. The number of carbonyl (C=O) groups is 2. The van der Waals surface area contributed by atoms with Gasteiger partial charge in [-0.15, -0.1) is 0 Å². The van der Waals surface area contributed by atoms with Crippen molar-refractivity contribution in [1.82, 2.24) is 14.8 Å². The number of aromatic nitrogens is 1. The van der Waals surface area contributed by atoms with Crippen LogP contribution in [0, 0.1) is 12.8 Å². The summed E-state index contributed by atoms with van der Waals surface area (Å²) in [5.74, 6) is 0.112. The number of hydrogen-bond acceptors (Lipinski definition) is 2. The monoisotopic (exact) mass is 475 g/mol. The first-order chi connectivity index (χ1) is 17.0. The van der Waals surface area contributed by atoms with Gasteiger partial charge in [-0.2, -0.15) is 0 Å². The van der Waals surface area contributed by atoms with Crippen molar-refractivity contribution >= 4 is 22.7 Å². The highest BCUT2D eigenvalue weighted by molar-refractivity contribution is 5.86. The number of unbranched alkanes of at least 4 members (excludes halogenated alkanes) is 1. The average molecular weight is 476 g/mol. The molecule has 1 N–H and O–H groups in total. The van der Waals surface area contributed by atoms with E-state index in [2.05, 4.69) is 69.1 Å². The maximum atomic E-state index is 13.6. The molecule has 35 heavy (non-hydrogen) atoms. The molecule has 5 heteroatoms. The van der Waals surface area contributed by atoms with Crippen LogP contribution in [0.1, 0.15) is 63.1 Å². The molecule has 0 spiro atoms. The molecule has 0 atom stereocenters. The minimum atomic E-state index is -0.0172. The smallest absolute Gasteiger partial charge is 0.242 e. The number of aryl methyl sites for hydroxylation is 1. The van der Waals surface area contributed by atoms with Crippen molar-refractivity contribution in [1.29, 1.82) is 0 Å². The van der Waals surface area contributed by atoms with Crippen molar-refractivity contribution in [2.75, 3.05) is 19.6 Å². The molecule has 3 rings (SSSR count). The number of nitrogens with zero attached hydrogens (tertiary/aromatic N) is 2. The first-order valence-corrected chi connectivity index (χ1v) is 13.1. The number of hydrogen-bond donors (Lipinski definition) is 1. The molecule has 0 unspecified atom stereocenters. The van der Waals surface area contributed by atoms with Crippen molar-refractivity contribution in [3.8, 4) is 0 Å². The summed E-state index contributed by atoms with van der Waals surface area (Å²) in [5, 5.41) is 1.20. The van der Waals surface area contributed by atoms with Gasteiger partial charge in [0.1, 0.15) is 0 Å². The molecule has 0 saturated carbocycles. The number of para-hydroxylation sites is 1. The first kappa shape index (κ1) is 26.5. The quantitative estimate of drug-likeness (QED) is 0.324. The SMILES string of the molecule is CCCCN(CC(=O)N(CCc1c[nH]c2ccccc12)Cc1ccc(C)cc1)C(=O)C(CC)CC. The topological polar surface area (TPSA) is 56.4 Å². The molecule has 0 aliphatic heterocycles. The van der Waals surface area contributed by atoms with Crippen LogP contribution in [-0.2, 0) is 22.6 Å². The number of carbonyl (C=O) groups excluding carboxylic acids is 2. The van der Waals surface area contributed by atoms with Crippen LogP contribution in [0.15, 0.2) is 54.7 Å². The van der Waals surface area contributed by atoms with Crippen LogP contribution in [0.25, 0.3) is 10.9 Å². The summed E-state index contributed by atoms with van der Waals surface area (Å²) in [6, 6.07) is 16.6. The van der Waals surface area contributed by atoms with Gasteiger partial charge >= 0.3 is 0 Å². The van der Waals surface area contributed by atoms with Gasteiger partial charge in [-0.25, -0.2) is 0 Å². The Bertz CT molecular complexity index is 1080. The highest BCUT2D eigenvalue weighted by atomic mass is 16.2. The van der Waals surface area contributed by atoms with Crippen LogP contribution in [0.5, 0.6) is 0 Å². The van der Waals surface area contributed by atoms with Crippen molar-refractivity contribution in [2.24, 2.45) is 5.92 Å². The Hall–Kier alpha value is -3.08. The molecule has 1 heterocycles. The minimum Gasteiger partial charge on any atom is -0.361 e. The molecule has 3 aromatic rings. The molecule has 0 radical (unpaired) electrons. The number of aromatic amines is 1. The van der Waals surface area contributed by atoms with Gasteiger partial charge in [-0.3, -0.25) is 9.59 Å². The zero-order chi connectivity index (χ0) is 25.2. The molecule has 0 bridgehead atoms. The minimum absolute atomic E-state index is 0.0147. The summed E-state index contributed by atoms with van der Waals surface area (Å²) in [5.41, 5.74) is 4.62. The number of rotatable bonds is 13. The molecular weight excluding hydrogens is 434 g/mol. The average Bonchev–Trinajstić information content (AvgIpc) is 3.29. The van der Waals surface area contributed by atoms with Gasteiger partial charge in [0.2, 0.25) is 11.8 Å². The lowest BCUT2D eigenvalue weighted by atomic mass is 10.0. The molecule has 0 aliphatic carbocycles. The van der Waals surface area contributed by atoms with Gasteiger partial charge < -0.3 is 14.8 Å². The van der Waals surface area contributed by atoms with E-state index in [1.807, 2.05) is 23.2 Å². The van der Waals surface area contributed by atoms with Crippen molar-refractivity contribution in [2.45, 2.75) is 66.3 Å². The van der Waals surface area contributed by atoms with Gasteiger partial charge in [-0.1, -0.05) is 75.2 Å². The zero-order valence-electron chi connectivity index (χ0n) is 21.8. The lowest BCUT2D eigenvalue weighted by Crippen LogP contribution is -2.45. The summed E-state index contributed by atoms with van der Waals surface area (Å²) in [4.78, 5) is 33.9. The summed E-state index contributed by atoms with van der Waals surface area (Å²) < 4.78 is 0. The fourth-order valence-electron chi connectivity index (χ4n) is 4.58. The van der Waals surface area contributed by atoms with E-state index in [0.717, 1.165) is 43.2 Å². The van der Waals surface area contributed by atoms with E-state index in [1.54, 1.807) is 4.90 Å². The van der Waals surface area contributed by atoms with E-state index >= 15 is 0 Å². The third-order valence-electron chi connectivity index (χ3n) is 6.93. The zero-order valence-corrected chi connectivity index (χ0v) is 21.8. The second-order valence-corrected chi connectivity index (χ2v) is 9.54. The number of amides is 2.